The van der Waals surface area contributed by atoms with E-state index in [0.29, 0.717) is 5.57 Å². The van der Waals surface area contributed by atoms with Crippen LogP contribution in [0.25, 0.3) is 11.3 Å². The molecular weight excluding hydrogens is 248 g/mol. The van der Waals surface area contributed by atoms with E-state index in [0.717, 1.165) is 34.3 Å². The summed E-state index contributed by atoms with van der Waals surface area (Å²) >= 11 is 1.44. The summed E-state index contributed by atoms with van der Waals surface area (Å²) in [6, 6.07) is 0. The van der Waals surface area contributed by atoms with Crippen molar-refractivity contribution in [3.05, 3.63) is 19.5 Å². The van der Waals surface area contributed by atoms with Gasteiger partial charge in [0.2, 0.25) is 0 Å². The zero-order chi connectivity index (χ0) is 13.4. The molecule has 0 atom stereocenters. The Hall–Kier alpha value is -1.36. The molecule has 0 aromatic carbocycles. The second kappa shape index (κ2) is 4.72. The molecule has 2 heterocycles. The lowest BCUT2D eigenvalue weighted by Gasteiger charge is -2.10. The molecule has 0 spiro atoms. The van der Waals surface area contributed by atoms with Gasteiger partial charge in [0.05, 0.1) is 0 Å². The molecule has 1 fully saturated rings. The van der Waals surface area contributed by atoms with E-state index in [-0.39, 0.29) is 11.3 Å². The van der Waals surface area contributed by atoms with E-state index in [1.807, 2.05) is 7.05 Å². The maximum atomic E-state index is 12.3. The van der Waals surface area contributed by atoms with Crippen molar-refractivity contribution in [3.8, 4) is 0 Å². The lowest BCUT2D eigenvalue weighted by atomic mass is 10.2. The summed E-state index contributed by atoms with van der Waals surface area (Å²) in [7, 11) is 3.75. The van der Waals surface area contributed by atoms with Crippen LogP contribution in [0.15, 0.2) is 4.79 Å². The number of thiazole rings is 1. The van der Waals surface area contributed by atoms with Crippen molar-refractivity contribution < 1.29 is 4.79 Å². The zero-order valence-electron chi connectivity index (χ0n) is 11.2. The van der Waals surface area contributed by atoms with Crippen LogP contribution in [-0.4, -0.2) is 28.8 Å². The number of Topliss-reactive ketones (excluding diaryl/α,β-unsaturated/α-hetero) is 1. The minimum Gasteiger partial charge on any atom is -0.377 e. The molecule has 0 radical (unpaired) electrons. The van der Waals surface area contributed by atoms with Crippen LogP contribution in [0.3, 0.4) is 0 Å². The van der Waals surface area contributed by atoms with Gasteiger partial charge in [-0.15, -0.1) is 11.3 Å². The standard InChI is InChI=1S/C13H18N2O2S/c1-8(9(2)16)13-15(4)12(17)11(18-13)10-6-5-7-14(10)3/h5-7H2,1-4H3/b11-10+,13-8?. The third-order valence-electron chi connectivity index (χ3n) is 3.48. The fourth-order valence-corrected chi connectivity index (χ4v) is 3.52. The number of ketones is 1. The molecule has 1 aliphatic rings. The molecule has 1 saturated heterocycles. The molecule has 4 nitrogen and oxygen atoms in total. The van der Waals surface area contributed by atoms with Crippen molar-refractivity contribution in [2.75, 3.05) is 13.6 Å². The minimum absolute atomic E-state index is 0.0133. The van der Waals surface area contributed by atoms with E-state index < -0.39 is 0 Å². The number of rotatable bonds is 1. The van der Waals surface area contributed by atoms with Crippen LogP contribution in [0.5, 0.6) is 0 Å². The Labute approximate surface area is 110 Å². The number of carbonyl (C=O) groups is 1. The summed E-state index contributed by atoms with van der Waals surface area (Å²) in [5.41, 5.74) is 1.79. The van der Waals surface area contributed by atoms with Crippen LogP contribution in [0, 0.1) is 0 Å². The highest BCUT2D eigenvalue weighted by atomic mass is 32.1. The second-order valence-corrected chi connectivity index (χ2v) is 5.75. The number of hydrogen-bond acceptors (Lipinski definition) is 4. The van der Waals surface area contributed by atoms with Gasteiger partial charge in [-0.25, -0.2) is 0 Å². The molecule has 5 heteroatoms. The molecule has 0 bridgehead atoms. The molecule has 1 aromatic heterocycles. The first-order chi connectivity index (χ1) is 8.43. The van der Waals surface area contributed by atoms with E-state index in [1.165, 1.54) is 18.3 Å². The molecule has 1 aliphatic heterocycles. The maximum absolute atomic E-state index is 12.3. The largest absolute Gasteiger partial charge is 0.377 e. The van der Waals surface area contributed by atoms with Gasteiger partial charge in [0, 0.05) is 31.9 Å². The molecule has 2 rings (SSSR count). The van der Waals surface area contributed by atoms with E-state index >= 15 is 0 Å². The van der Waals surface area contributed by atoms with Gasteiger partial charge in [0.15, 0.2) is 5.78 Å². The lowest BCUT2D eigenvalue weighted by molar-refractivity contribution is -0.112. The normalized spacial score (nSPS) is 20.3. The Kier molecular flexibility index (Phi) is 3.43. The Morgan fingerprint density at radius 1 is 1.28 bits per heavy atom. The molecule has 0 N–H and O–H groups in total. The van der Waals surface area contributed by atoms with Crippen LogP contribution in [0.4, 0.5) is 0 Å². The summed E-state index contributed by atoms with van der Waals surface area (Å²) in [6.07, 6.45) is 2.04. The van der Waals surface area contributed by atoms with Crippen molar-refractivity contribution in [1.82, 2.24) is 9.47 Å². The van der Waals surface area contributed by atoms with Crippen molar-refractivity contribution in [2.45, 2.75) is 26.7 Å². The predicted octanol–water partition coefficient (Wildman–Crippen LogP) is 0.0402. The van der Waals surface area contributed by atoms with Crippen molar-refractivity contribution in [1.29, 1.82) is 0 Å². The van der Waals surface area contributed by atoms with Crippen LogP contribution in [-0.2, 0) is 11.8 Å². The molecule has 1 aromatic rings. The summed E-state index contributed by atoms with van der Waals surface area (Å²) in [6.45, 7) is 4.32. The third-order valence-corrected chi connectivity index (χ3v) is 4.87. The van der Waals surface area contributed by atoms with Crippen LogP contribution in [0.2, 0.25) is 0 Å². The SMILES string of the molecule is CC(=O)C(C)=c1s/c(=C2\CCCN2C)c(=O)n1C. The second-order valence-electron chi connectivity index (χ2n) is 4.75. The lowest BCUT2D eigenvalue weighted by Crippen LogP contribution is -2.32. The Bertz CT molecular complexity index is 666. The fourth-order valence-electron chi connectivity index (χ4n) is 2.21. The highest BCUT2D eigenvalue weighted by Crippen LogP contribution is 2.17. The van der Waals surface area contributed by atoms with Gasteiger partial charge in [-0.1, -0.05) is 0 Å². The van der Waals surface area contributed by atoms with E-state index in [1.54, 1.807) is 18.5 Å². The Morgan fingerprint density at radius 2 is 1.94 bits per heavy atom. The first-order valence-corrected chi connectivity index (χ1v) is 6.87. The van der Waals surface area contributed by atoms with Gasteiger partial charge >= 0.3 is 0 Å². The highest BCUT2D eigenvalue weighted by molar-refractivity contribution is 7.07. The summed E-state index contributed by atoms with van der Waals surface area (Å²) < 4.78 is 3.15. The van der Waals surface area contributed by atoms with Gasteiger partial charge in [0.1, 0.15) is 9.20 Å². The molecule has 0 amide bonds. The summed E-state index contributed by atoms with van der Waals surface area (Å²) in [5, 5.41) is 0. The quantitative estimate of drug-likeness (QED) is 0.721. The molecule has 0 saturated carbocycles. The number of aromatic nitrogens is 1. The van der Waals surface area contributed by atoms with Crippen LogP contribution in [0.1, 0.15) is 26.7 Å². The highest BCUT2D eigenvalue weighted by Gasteiger charge is 2.17. The van der Waals surface area contributed by atoms with Crippen LogP contribution >= 0.6 is 11.3 Å². The topological polar surface area (TPSA) is 42.3 Å². The average Bonchev–Trinajstić information content (AvgIpc) is 2.85. The van der Waals surface area contributed by atoms with Crippen molar-refractivity contribution >= 4 is 28.4 Å². The first-order valence-electron chi connectivity index (χ1n) is 6.05. The van der Waals surface area contributed by atoms with Gasteiger partial charge in [-0.3, -0.25) is 9.59 Å². The van der Waals surface area contributed by atoms with Crippen molar-refractivity contribution in [3.63, 3.8) is 0 Å². The van der Waals surface area contributed by atoms with Gasteiger partial charge in [-0.05, 0) is 26.7 Å². The average molecular weight is 266 g/mol. The Balaban J connectivity index is 2.84. The third kappa shape index (κ3) is 2.03. The van der Waals surface area contributed by atoms with Gasteiger partial charge < -0.3 is 9.47 Å². The monoisotopic (exact) mass is 266 g/mol. The fraction of sp³-hybridized carbons (Fsp3) is 0.538. The smallest absolute Gasteiger partial charge is 0.270 e. The molecule has 18 heavy (non-hydrogen) atoms. The van der Waals surface area contributed by atoms with E-state index in [2.05, 4.69) is 4.90 Å². The zero-order valence-corrected chi connectivity index (χ0v) is 12.1. The molecule has 0 aliphatic carbocycles. The Morgan fingerprint density at radius 3 is 2.44 bits per heavy atom. The number of nitrogens with zero attached hydrogens (tertiary/aromatic N) is 2. The first kappa shape index (κ1) is 13.1. The summed E-state index contributed by atoms with van der Waals surface area (Å²) in [5.74, 6) is 0.0168. The molecular formula is C13H18N2O2S. The minimum atomic E-state index is 0.0133. The number of carbonyl (C=O) groups excluding carboxylic acids is 1. The van der Waals surface area contributed by atoms with Gasteiger partial charge in [-0.2, -0.15) is 0 Å². The van der Waals surface area contributed by atoms with Crippen molar-refractivity contribution in [2.24, 2.45) is 7.05 Å². The number of hydrogen-bond donors (Lipinski definition) is 0. The van der Waals surface area contributed by atoms with E-state index in [9.17, 15) is 9.59 Å². The molecule has 98 valence electrons. The predicted molar refractivity (Wildman–Crippen MR) is 73.8 cm³/mol. The number of likely N-dealkylation sites (tertiary alicyclic amines) is 1. The van der Waals surface area contributed by atoms with Gasteiger partial charge in [0.25, 0.3) is 5.56 Å². The summed E-state index contributed by atoms with van der Waals surface area (Å²) in [4.78, 5) is 25.8. The van der Waals surface area contributed by atoms with E-state index in [4.69, 9.17) is 0 Å². The maximum Gasteiger partial charge on any atom is 0.270 e. The molecule has 0 unspecified atom stereocenters. The van der Waals surface area contributed by atoms with Crippen LogP contribution < -0.4 is 14.8 Å².